The number of hydrogen-bond donors (Lipinski definition) is 2. The first-order chi connectivity index (χ1) is 14.0. The van der Waals surface area contributed by atoms with Crippen molar-refractivity contribution in [2.45, 2.75) is 0 Å². The van der Waals surface area contributed by atoms with Crippen LogP contribution in [-0.4, -0.2) is 48.1 Å². The van der Waals surface area contributed by atoms with Crippen molar-refractivity contribution < 1.29 is 14.3 Å². The van der Waals surface area contributed by atoms with Gasteiger partial charge >= 0.3 is 0 Å². The molecule has 0 aliphatic carbocycles. The first kappa shape index (κ1) is 21.0. The standard InChI is InChI=1S/C21H20ClN3O3S/c22-18-7-2-1-4-15(18)8-9-19(26)24-21(29)23-17-6-3-5-16(14-17)20(27)25-10-12-28-13-11-25/h1-9,14H,10-13H2,(H2,23,24,26,29)/b9-8+. The summed E-state index contributed by atoms with van der Waals surface area (Å²) in [4.78, 5) is 26.4. The molecule has 0 atom stereocenters. The van der Waals surface area contributed by atoms with Crippen molar-refractivity contribution in [2.75, 3.05) is 31.6 Å². The topological polar surface area (TPSA) is 70.7 Å². The smallest absolute Gasteiger partial charge is 0.254 e. The molecule has 2 aromatic carbocycles. The van der Waals surface area contributed by atoms with Gasteiger partial charge in [0, 0.05) is 35.4 Å². The predicted molar refractivity (Wildman–Crippen MR) is 118 cm³/mol. The molecular weight excluding hydrogens is 410 g/mol. The molecule has 2 aromatic rings. The summed E-state index contributed by atoms with van der Waals surface area (Å²) in [6.45, 7) is 2.23. The van der Waals surface area contributed by atoms with Gasteiger partial charge in [0.25, 0.3) is 5.91 Å². The number of thiocarbonyl (C=S) groups is 1. The molecule has 0 unspecified atom stereocenters. The van der Waals surface area contributed by atoms with Crippen molar-refractivity contribution in [2.24, 2.45) is 0 Å². The van der Waals surface area contributed by atoms with E-state index in [9.17, 15) is 9.59 Å². The van der Waals surface area contributed by atoms with E-state index in [1.165, 1.54) is 6.08 Å². The first-order valence-corrected chi connectivity index (χ1v) is 9.83. The van der Waals surface area contributed by atoms with Crippen LogP contribution in [0.1, 0.15) is 15.9 Å². The number of carbonyl (C=O) groups is 2. The number of benzene rings is 2. The van der Waals surface area contributed by atoms with Gasteiger partial charge in [-0.05, 0) is 48.1 Å². The summed E-state index contributed by atoms with van der Waals surface area (Å²) in [5, 5.41) is 6.18. The third-order valence-electron chi connectivity index (χ3n) is 4.22. The second kappa shape index (κ2) is 10.2. The van der Waals surface area contributed by atoms with Gasteiger partial charge in [-0.3, -0.25) is 14.9 Å². The molecule has 1 fully saturated rings. The lowest BCUT2D eigenvalue weighted by molar-refractivity contribution is -0.115. The van der Waals surface area contributed by atoms with Gasteiger partial charge in [0.15, 0.2) is 5.11 Å². The van der Waals surface area contributed by atoms with Gasteiger partial charge in [-0.15, -0.1) is 0 Å². The van der Waals surface area contributed by atoms with E-state index >= 15 is 0 Å². The minimum atomic E-state index is -0.386. The fourth-order valence-electron chi connectivity index (χ4n) is 2.77. The summed E-state index contributed by atoms with van der Waals surface area (Å²) >= 11 is 11.2. The van der Waals surface area contributed by atoms with Crippen LogP contribution in [0.25, 0.3) is 6.08 Å². The maximum absolute atomic E-state index is 12.6. The van der Waals surface area contributed by atoms with Gasteiger partial charge < -0.3 is 15.0 Å². The van der Waals surface area contributed by atoms with Crippen molar-refractivity contribution in [1.82, 2.24) is 10.2 Å². The molecule has 1 aliphatic heterocycles. The molecule has 150 valence electrons. The molecule has 1 aliphatic rings. The molecule has 3 rings (SSSR count). The van der Waals surface area contributed by atoms with Crippen LogP contribution in [0.3, 0.4) is 0 Å². The Morgan fingerprint density at radius 1 is 1.10 bits per heavy atom. The predicted octanol–water partition coefficient (Wildman–Crippen LogP) is 3.34. The molecule has 6 nitrogen and oxygen atoms in total. The normalized spacial score (nSPS) is 13.9. The van der Waals surface area contributed by atoms with E-state index in [1.54, 1.807) is 47.4 Å². The van der Waals surface area contributed by atoms with Crippen molar-refractivity contribution in [3.05, 3.63) is 70.8 Å². The van der Waals surface area contributed by atoms with Crippen LogP contribution < -0.4 is 10.6 Å². The summed E-state index contributed by atoms with van der Waals surface area (Å²) in [6, 6.07) is 14.2. The monoisotopic (exact) mass is 429 g/mol. The SMILES string of the molecule is O=C(/C=C/c1ccccc1Cl)NC(=S)Nc1cccc(C(=O)N2CCOCC2)c1. The highest BCUT2D eigenvalue weighted by atomic mass is 35.5. The van der Waals surface area contributed by atoms with Crippen LogP contribution in [-0.2, 0) is 9.53 Å². The Bertz CT molecular complexity index is 942. The molecule has 0 aromatic heterocycles. The van der Waals surface area contributed by atoms with E-state index < -0.39 is 0 Å². The lowest BCUT2D eigenvalue weighted by Gasteiger charge is -2.27. The lowest BCUT2D eigenvalue weighted by atomic mass is 10.1. The van der Waals surface area contributed by atoms with E-state index in [0.717, 1.165) is 5.56 Å². The molecule has 2 N–H and O–H groups in total. The maximum atomic E-state index is 12.6. The van der Waals surface area contributed by atoms with Gasteiger partial charge in [0.2, 0.25) is 5.91 Å². The number of rotatable bonds is 4. The highest BCUT2D eigenvalue weighted by Crippen LogP contribution is 2.16. The number of carbonyl (C=O) groups excluding carboxylic acids is 2. The van der Waals surface area contributed by atoms with Crippen LogP contribution in [0.2, 0.25) is 5.02 Å². The number of nitrogens with zero attached hydrogens (tertiary/aromatic N) is 1. The van der Waals surface area contributed by atoms with Gasteiger partial charge in [-0.2, -0.15) is 0 Å². The van der Waals surface area contributed by atoms with Crippen LogP contribution in [0.5, 0.6) is 0 Å². The molecule has 0 bridgehead atoms. The highest BCUT2D eigenvalue weighted by Gasteiger charge is 2.18. The number of halogens is 1. The Kier molecular flexibility index (Phi) is 7.35. The Morgan fingerprint density at radius 2 is 1.86 bits per heavy atom. The molecule has 1 saturated heterocycles. The molecule has 8 heteroatoms. The fourth-order valence-corrected chi connectivity index (χ4v) is 3.19. The lowest BCUT2D eigenvalue weighted by Crippen LogP contribution is -2.40. The second-order valence-electron chi connectivity index (χ2n) is 6.28. The van der Waals surface area contributed by atoms with E-state index in [2.05, 4.69) is 10.6 Å². The highest BCUT2D eigenvalue weighted by molar-refractivity contribution is 7.80. The number of hydrogen-bond acceptors (Lipinski definition) is 4. The van der Waals surface area contributed by atoms with Crippen LogP contribution in [0.4, 0.5) is 5.69 Å². The van der Waals surface area contributed by atoms with Crippen molar-refractivity contribution in [3.63, 3.8) is 0 Å². The Labute approximate surface area is 179 Å². The number of ether oxygens (including phenoxy) is 1. The van der Waals surface area contributed by atoms with Crippen molar-refractivity contribution in [3.8, 4) is 0 Å². The molecular formula is C21H20ClN3O3S. The van der Waals surface area contributed by atoms with Gasteiger partial charge in [0.05, 0.1) is 13.2 Å². The summed E-state index contributed by atoms with van der Waals surface area (Å²) in [6.07, 6.45) is 2.97. The zero-order valence-corrected chi connectivity index (χ0v) is 17.1. The maximum Gasteiger partial charge on any atom is 0.254 e. The van der Waals surface area contributed by atoms with Crippen molar-refractivity contribution in [1.29, 1.82) is 0 Å². The number of morpholine rings is 1. The van der Waals surface area contributed by atoms with E-state index in [4.69, 9.17) is 28.6 Å². The van der Waals surface area contributed by atoms with Crippen molar-refractivity contribution >= 4 is 52.5 Å². The van der Waals surface area contributed by atoms with Gasteiger partial charge in [-0.1, -0.05) is 35.9 Å². The van der Waals surface area contributed by atoms with E-state index in [1.807, 2.05) is 12.1 Å². The second-order valence-corrected chi connectivity index (χ2v) is 7.10. The number of nitrogens with one attached hydrogen (secondary N) is 2. The van der Waals surface area contributed by atoms with Crippen LogP contribution in [0.15, 0.2) is 54.6 Å². The number of anilines is 1. The zero-order chi connectivity index (χ0) is 20.6. The third-order valence-corrected chi connectivity index (χ3v) is 4.77. The molecule has 0 radical (unpaired) electrons. The minimum Gasteiger partial charge on any atom is -0.378 e. The van der Waals surface area contributed by atoms with Crippen LogP contribution >= 0.6 is 23.8 Å². The summed E-state index contributed by atoms with van der Waals surface area (Å²) in [7, 11) is 0. The first-order valence-electron chi connectivity index (χ1n) is 9.04. The van der Waals surface area contributed by atoms with E-state index in [0.29, 0.717) is 42.6 Å². The van der Waals surface area contributed by atoms with Gasteiger partial charge in [0.1, 0.15) is 0 Å². The fraction of sp³-hybridized carbons (Fsp3) is 0.190. The Morgan fingerprint density at radius 3 is 2.62 bits per heavy atom. The minimum absolute atomic E-state index is 0.0606. The van der Waals surface area contributed by atoms with Crippen LogP contribution in [0, 0.1) is 0 Å². The average molecular weight is 430 g/mol. The zero-order valence-electron chi connectivity index (χ0n) is 15.6. The van der Waals surface area contributed by atoms with Gasteiger partial charge in [-0.25, -0.2) is 0 Å². The van der Waals surface area contributed by atoms with E-state index in [-0.39, 0.29) is 16.9 Å². The summed E-state index contributed by atoms with van der Waals surface area (Å²) in [5.41, 5.74) is 1.90. The molecule has 2 amide bonds. The Hall–Kier alpha value is -2.74. The Balaban J connectivity index is 1.57. The average Bonchev–Trinajstić information content (AvgIpc) is 2.73. The quantitative estimate of drug-likeness (QED) is 0.576. The largest absolute Gasteiger partial charge is 0.378 e. The third kappa shape index (κ3) is 6.12. The molecule has 0 saturated carbocycles. The molecule has 0 spiro atoms. The molecule has 29 heavy (non-hydrogen) atoms. The summed E-state index contributed by atoms with van der Waals surface area (Å²) < 4.78 is 5.28. The molecule has 1 heterocycles. The number of amides is 2. The summed E-state index contributed by atoms with van der Waals surface area (Å²) in [5.74, 6) is -0.447.